The maximum atomic E-state index is 15.1. The molecule has 1 aliphatic rings. The second-order valence-corrected chi connectivity index (χ2v) is 7.04. The Morgan fingerprint density at radius 3 is 2.37 bits per heavy atom. The minimum Gasteiger partial charge on any atom is -0.494 e. The van der Waals surface area contributed by atoms with Crippen LogP contribution in [0.2, 0.25) is 0 Å². The first-order chi connectivity index (χ1) is 14.5. The Bertz CT molecular complexity index is 1080. The zero-order valence-corrected chi connectivity index (χ0v) is 16.9. The number of aromatic nitrogens is 2. The number of anilines is 2. The molecule has 3 aromatic rings. The molecule has 4 rings (SSSR count). The van der Waals surface area contributed by atoms with Gasteiger partial charge in [0.05, 0.1) is 31.6 Å². The molecular formula is C21H22F2N4O3. The lowest BCUT2D eigenvalue weighted by Crippen LogP contribution is -2.23. The molecule has 1 aliphatic heterocycles. The smallest absolute Gasteiger partial charge is 0.177 e. The van der Waals surface area contributed by atoms with Gasteiger partial charge < -0.3 is 24.8 Å². The van der Waals surface area contributed by atoms with Gasteiger partial charge in [0.15, 0.2) is 23.1 Å². The molecule has 158 valence electrons. The van der Waals surface area contributed by atoms with Crippen molar-refractivity contribution in [2.75, 3.05) is 45.1 Å². The molecule has 0 amide bonds. The Kier molecular flexibility index (Phi) is 5.29. The Labute approximate surface area is 172 Å². The number of hydrogen-bond donors (Lipinski definition) is 1. The van der Waals surface area contributed by atoms with Crippen molar-refractivity contribution in [2.45, 2.75) is 12.5 Å². The number of ether oxygens (including phenoxy) is 3. The predicted octanol–water partition coefficient (Wildman–Crippen LogP) is 3.40. The summed E-state index contributed by atoms with van der Waals surface area (Å²) in [7, 11) is 4.27. The van der Waals surface area contributed by atoms with Crippen molar-refractivity contribution in [3.8, 4) is 22.8 Å². The minimum atomic E-state index is -0.854. The van der Waals surface area contributed by atoms with Crippen LogP contribution in [-0.2, 0) is 4.74 Å². The first kappa shape index (κ1) is 20.1. The van der Waals surface area contributed by atoms with Gasteiger partial charge >= 0.3 is 0 Å². The van der Waals surface area contributed by atoms with E-state index >= 15 is 8.78 Å². The molecule has 2 N–H and O–H groups in total. The number of hydrogen-bond acceptors (Lipinski definition) is 7. The Balaban J connectivity index is 1.97. The van der Waals surface area contributed by atoms with E-state index in [-0.39, 0.29) is 28.9 Å². The van der Waals surface area contributed by atoms with Crippen LogP contribution in [0.1, 0.15) is 6.42 Å². The van der Waals surface area contributed by atoms with E-state index in [1.54, 1.807) is 25.4 Å². The summed E-state index contributed by atoms with van der Waals surface area (Å²) in [5, 5.41) is 1.41. The molecule has 3 heterocycles. The summed E-state index contributed by atoms with van der Waals surface area (Å²) < 4.78 is 45.8. The quantitative estimate of drug-likeness (QED) is 0.683. The highest BCUT2D eigenvalue weighted by atomic mass is 19.1. The third kappa shape index (κ3) is 3.35. The number of fused-ring (bicyclic) bond motifs is 1. The van der Waals surface area contributed by atoms with Crippen molar-refractivity contribution in [1.82, 2.24) is 9.97 Å². The maximum absolute atomic E-state index is 15.1. The van der Waals surface area contributed by atoms with Crippen molar-refractivity contribution >= 4 is 22.4 Å². The van der Waals surface area contributed by atoms with E-state index in [0.29, 0.717) is 30.1 Å². The fraction of sp³-hybridized carbons (Fsp3) is 0.333. The van der Waals surface area contributed by atoms with E-state index in [1.165, 1.54) is 20.3 Å². The molecule has 7 nitrogen and oxygen atoms in total. The lowest BCUT2D eigenvalue weighted by molar-refractivity contribution is 0.121. The lowest BCUT2D eigenvalue weighted by Gasteiger charge is -2.21. The van der Waals surface area contributed by atoms with E-state index in [2.05, 4.69) is 9.97 Å². The van der Waals surface area contributed by atoms with E-state index in [0.717, 1.165) is 11.8 Å². The molecule has 0 saturated carbocycles. The van der Waals surface area contributed by atoms with Crippen molar-refractivity contribution in [3.63, 3.8) is 0 Å². The van der Waals surface area contributed by atoms with E-state index in [4.69, 9.17) is 19.9 Å². The highest BCUT2D eigenvalue weighted by Crippen LogP contribution is 2.39. The molecule has 1 atom stereocenters. The molecule has 0 spiro atoms. The van der Waals surface area contributed by atoms with Crippen LogP contribution in [0.15, 0.2) is 24.4 Å². The van der Waals surface area contributed by atoms with Crippen LogP contribution in [-0.4, -0.2) is 50.5 Å². The molecule has 0 radical (unpaired) electrons. The second kappa shape index (κ2) is 7.91. The summed E-state index contributed by atoms with van der Waals surface area (Å²) >= 11 is 0. The van der Waals surface area contributed by atoms with Gasteiger partial charge in [0.1, 0.15) is 11.6 Å². The molecular weight excluding hydrogens is 394 g/mol. The van der Waals surface area contributed by atoms with Gasteiger partial charge in [0, 0.05) is 43.2 Å². The summed E-state index contributed by atoms with van der Waals surface area (Å²) in [6.45, 7) is 1.30. The van der Waals surface area contributed by atoms with Gasteiger partial charge in [-0.1, -0.05) is 0 Å². The van der Waals surface area contributed by atoms with Gasteiger partial charge in [-0.25, -0.2) is 18.7 Å². The van der Waals surface area contributed by atoms with Gasteiger partial charge in [0.2, 0.25) is 0 Å². The average Bonchev–Trinajstić information content (AvgIpc) is 3.23. The molecule has 0 aliphatic carbocycles. The van der Waals surface area contributed by atoms with E-state index in [1.807, 2.05) is 4.90 Å². The van der Waals surface area contributed by atoms with Crippen molar-refractivity contribution in [3.05, 3.63) is 36.0 Å². The fourth-order valence-electron chi connectivity index (χ4n) is 3.74. The number of nitrogens with two attached hydrogens (primary N) is 1. The number of nitrogen functional groups attached to an aromatic ring is 1. The van der Waals surface area contributed by atoms with Crippen LogP contribution < -0.4 is 20.1 Å². The summed E-state index contributed by atoms with van der Waals surface area (Å²) in [5.74, 6) is -1.08. The Morgan fingerprint density at radius 1 is 1.07 bits per heavy atom. The zero-order valence-electron chi connectivity index (χ0n) is 16.9. The number of benzene rings is 1. The number of methoxy groups -OCH3 is 3. The highest BCUT2D eigenvalue weighted by Gasteiger charge is 2.28. The van der Waals surface area contributed by atoms with Crippen LogP contribution in [0.25, 0.3) is 22.0 Å². The zero-order chi connectivity index (χ0) is 21.4. The molecule has 1 fully saturated rings. The van der Waals surface area contributed by atoms with Crippen LogP contribution in [0.5, 0.6) is 11.5 Å². The van der Waals surface area contributed by atoms with Crippen molar-refractivity contribution < 1.29 is 23.0 Å². The molecule has 1 saturated heterocycles. The second-order valence-electron chi connectivity index (χ2n) is 7.04. The molecule has 30 heavy (non-hydrogen) atoms. The van der Waals surface area contributed by atoms with Crippen LogP contribution in [0, 0.1) is 11.6 Å². The first-order valence-electron chi connectivity index (χ1n) is 9.41. The molecule has 0 bridgehead atoms. The third-order valence-corrected chi connectivity index (χ3v) is 5.32. The summed E-state index contributed by atoms with van der Waals surface area (Å²) in [4.78, 5) is 10.8. The van der Waals surface area contributed by atoms with Crippen molar-refractivity contribution in [1.29, 1.82) is 0 Å². The van der Waals surface area contributed by atoms with Crippen molar-refractivity contribution in [2.24, 2.45) is 0 Å². The van der Waals surface area contributed by atoms with Gasteiger partial charge in [0.25, 0.3) is 0 Å². The largest absolute Gasteiger partial charge is 0.494 e. The number of pyridine rings is 2. The molecule has 2 aromatic heterocycles. The number of halogens is 2. The van der Waals surface area contributed by atoms with Gasteiger partial charge in [-0.3, -0.25) is 0 Å². The third-order valence-electron chi connectivity index (χ3n) is 5.32. The predicted molar refractivity (Wildman–Crippen MR) is 110 cm³/mol. The van der Waals surface area contributed by atoms with Gasteiger partial charge in [-0.2, -0.15) is 0 Å². The molecule has 1 aromatic carbocycles. The molecule has 1 unspecified atom stereocenters. The SMILES string of the molecule is COc1cc(OC)c(F)c(-c2cc3cnc(N)cc3c(N3CCC(OC)C3)n2)c1F. The summed E-state index contributed by atoms with van der Waals surface area (Å²) in [6, 6.07) is 4.46. The maximum Gasteiger partial charge on any atom is 0.177 e. The minimum absolute atomic E-state index is 0.0510. The highest BCUT2D eigenvalue weighted by molar-refractivity contribution is 5.96. The van der Waals surface area contributed by atoms with Crippen LogP contribution in [0.3, 0.4) is 0 Å². The topological polar surface area (TPSA) is 82.7 Å². The summed E-state index contributed by atoms with van der Waals surface area (Å²) in [5.41, 5.74) is 5.67. The molecule has 9 heteroatoms. The average molecular weight is 416 g/mol. The van der Waals surface area contributed by atoms with E-state index in [9.17, 15) is 0 Å². The monoisotopic (exact) mass is 416 g/mol. The number of rotatable bonds is 5. The Hall–Kier alpha value is -3.20. The lowest BCUT2D eigenvalue weighted by atomic mass is 10.1. The fourth-order valence-corrected chi connectivity index (χ4v) is 3.74. The number of nitrogens with zero attached hydrogens (tertiary/aromatic N) is 3. The normalized spacial score (nSPS) is 16.3. The van der Waals surface area contributed by atoms with E-state index < -0.39 is 11.6 Å². The van der Waals surface area contributed by atoms with Crippen LogP contribution in [0.4, 0.5) is 20.4 Å². The Morgan fingerprint density at radius 2 is 1.77 bits per heavy atom. The summed E-state index contributed by atoms with van der Waals surface area (Å²) in [6.07, 6.45) is 2.44. The first-order valence-corrected chi connectivity index (χ1v) is 9.41. The standard InChI is InChI=1S/C21H22F2N4O3/c1-28-12-4-5-27(10-12)21-13-7-17(24)25-9-11(13)6-14(26-21)18-19(22)15(29-2)8-16(30-3)20(18)23/h6-9,12H,4-5,10H2,1-3H3,(H2,24,25). The van der Waals surface area contributed by atoms with Gasteiger partial charge in [-0.15, -0.1) is 0 Å². The van der Waals surface area contributed by atoms with Gasteiger partial charge in [-0.05, 0) is 18.6 Å². The van der Waals surface area contributed by atoms with Crippen LogP contribution >= 0.6 is 0 Å².